The van der Waals surface area contributed by atoms with Crippen LogP contribution in [0.1, 0.15) is 29.2 Å². The van der Waals surface area contributed by atoms with Gasteiger partial charge < -0.3 is 10.7 Å². The molecule has 2 heteroatoms. The fraction of sp³-hybridized carbons (Fsp3) is 0.556. The molecule has 1 fully saturated rings. The Morgan fingerprint density at radius 2 is 2.18 bits per heavy atom. The SMILES string of the molecule is Cc1c[nH]c(C)c1[C@@H]1C[C@H]1N. The zero-order valence-corrected chi connectivity index (χ0v) is 7.02. The lowest BCUT2D eigenvalue weighted by molar-refractivity contribution is 0.972. The number of hydrogen-bond donors (Lipinski definition) is 2. The minimum absolute atomic E-state index is 0.420. The van der Waals surface area contributed by atoms with Crippen molar-refractivity contribution in [1.29, 1.82) is 0 Å². The molecule has 1 heterocycles. The van der Waals surface area contributed by atoms with Crippen LogP contribution in [0.5, 0.6) is 0 Å². The van der Waals surface area contributed by atoms with Crippen LogP contribution in [0.4, 0.5) is 0 Å². The maximum absolute atomic E-state index is 5.78. The second-order valence-corrected chi connectivity index (χ2v) is 3.52. The Kier molecular flexibility index (Phi) is 1.33. The van der Waals surface area contributed by atoms with Gasteiger partial charge in [0, 0.05) is 23.9 Å². The molecule has 2 atom stereocenters. The molecule has 0 unspecified atom stereocenters. The van der Waals surface area contributed by atoms with Gasteiger partial charge in [0.2, 0.25) is 0 Å². The molecule has 0 saturated heterocycles. The summed E-state index contributed by atoms with van der Waals surface area (Å²) in [5, 5.41) is 0. The minimum Gasteiger partial charge on any atom is -0.365 e. The lowest BCUT2D eigenvalue weighted by Crippen LogP contribution is -2.01. The average Bonchev–Trinajstić information content (AvgIpc) is 2.54. The smallest absolute Gasteiger partial charge is 0.0154 e. The first-order valence-corrected chi connectivity index (χ1v) is 4.10. The van der Waals surface area contributed by atoms with Gasteiger partial charge in [-0.1, -0.05) is 0 Å². The Morgan fingerprint density at radius 1 is 1.55 bits per heavy atom. The summed E-state index contributed by atoms with van der Waals surface area (Å²) in [6, 6.07) is 0.420. The number of nitrogens with one attached hydrogen (secondary N) is 1. The summed E-state index contributed by atoms with van der Waals surface area (Å²) in [6.45, 7) is 4.26. The van der Waals surface area contributed by atoms with Gasteiger partial charge in [-0.15, -0.1) is 0 Å². The molecule has 1 aromatic rings. The molecule has 0 spiro atoms. The van der Waals surface area contributed by atoms with Gasteiger partial charge >= 0.3 is 0 Å². The molecule has 1 aliphatic rings. The summed E-state index contributed by atoms with van der Waals surface area (Å²) in [5.74, 6) is 0.640. The molecule has 11 heavy (non-hydrogen) atoms. The first-order chi connectivity index (χ1) is 5.20. The van der Waals surface area contributed by atoms with E-state index < -0.39 is 0 Å². The third kappa shape index (κ3) is 0.979. The highest BCUT2D eigenvalue weighted by Gasteiger charge is 2.37. The van der Waals surface area contributed by atoms with Gasteiger partial charge in [0.05, 0.1) is 0 Å². The largest absolute Gasteiger partial charge is 0.365 e. The summed E-state index contributed by atoms with van der Waals surface area (Å²) >= 11 is 0. The van der Waals surface area contributed by atoms with E-state index in [9.17, 15) is 0 Å². The maximum Gasteiger partial charge on any atom is 0.0154 e. The Labute approximate surface area is 66.8 Å². The van der Waals surface area contributed by atoms with Gasteiger partial charge in [-0.05, 0) is 31.4 Å². The zero-order valence-electron chi connectivity index (χ0n) is 7.02. The van der Waals surface area contributed by atoms with Crippen LogP contribution in [0.2, 0.25) is 0 Å². The fourth-order valence-electron chi connectivity index (χ4n) is 1.78. The summed E-state index contributed by atoms with van der Waals surface area (Å²) in [6.07, 6.45) is 3.23. The van der Waals surface area contributed by atoms with Crippen molar-refractivity contribution in [2.45, 2.75) is 32.2 Å². The molecular formula is C9H14N2. The lowest BCUT2D eigenvalue weighted by atomic mass is 10.1. The highest BCUT2D eigenvalue weighted by molar-refractivity contribution is 5.37. The first-order valence-electron chi connectivity index (χ1n) is 4.10. The second-order valence-electron chi connectivity index (χ2n) is 3.52. The molecule has 2 rings (SSSR count). The van der Waals surface area contributed by atoms with Gasteiger partial charge in [0.25, 0.3) is 0 Å². The number of nitrogens with two attached hydrogens (primary N) is 1. The van der Waals surface area contributed by atoms with Gasteiger partial charge in [0.15, 0.2) is 0 Å². The number of hydrogen-bond acceptors (Lipinski definition) is 1. The molecule has 60 valence electrons. The van der Waals surface area contributed by atoms with E-state index in [0.29, 0.717) is 12.0 Å². The number of aromatic amines is 1. The Bertz CT molecular complexity index is 256. The molecule has 0 radical (unpaired) electrons. The Morgan fingerprint density at radius 3 is 2.55 bits per heavy atom. The molecule has 0 aliphatic heterocycles. The van der Waals surface area contributed by atoms with Crippen molar-refractivity contribution < 1.29 is 0 Å². The zero-order chi connectivity index (χ0) is 8.01. The summed E-state index contributed by atoms with van der Waals surface area (Å²) in [5.41, 5.74) is 9.89. The van der Waals surface area contributed by atoms with Crippen LogP contribution in [0.25, 0.3) is 0 Å². The normalized spacial score (nSPS) is 29.0. The average molecular weight is 150 g/mol. The Balaban J connectivity index is 2.36. The van der Waals surface area contributed by atoms with E-state index in [1.165, 1.54) is 23.2 Å². The molecular weight excluding hydrogens is 136 g/mol. The van der Waals surface area contributed by atoms with Crippen LogP contribution in [0.3, 0.4) is 0 Å². The minimum atomic E-state index is 0.420. The summed E-state index contributed by atoms with van der Waals surface area (Å²) in [4.78, 5) is 3.22. The topological polar surface area (TPSA) is 41.8 Å². The molecule has 0 amide bonds. The van der Waals surface area contributed by atoms with E-state index in [0.717, 1.165) is 0 Å². The van der Waals surface area contributed by atoms with Crippen LogP contribution in [0, 0.1) is 13.8 Å². The van der Waals surface area contributed by atoms with Crippen LogP contribution < -0.4 is 5.73 Å². The van der Waals surface area contributed by atoms with Crippen molar-refractivity contribution in [3.8, 4) is 0 Å². The predicted octanol–water partition coefficient (Wildman–Crippen LogP) is 1.45. The van der Waals surface area contributed by atoms with Crippen molar-refractivity contribution in [1.82, 2.24) is 4.98 Å². The first kappa shape index (κ1) is 6.92. The van der Waals surface area contributed by atoms with Crippen LogP contribution in [0.15, 0.2) is 6.20 Å². The molecule has 0 bridgehead atoms. The maximum atomic E-state index is 5.78. The second kappa shape index (κ2) is 2.11. The predicted molar refractivity (Wildman–Crippen MR) is 45.6 cm³/mol. The number of rotatable bonds is 1. The van der Waals surface area contributed by atoms with Gasteiger partial charge in [-0.2, -0.15) is 0 Å². The van der Waals surface area contributed by atoms with Crippen LogP contribution in [-0.4, -0.2) is 11.0 Å². The van der Waals surface area contributed by atoms with E-state index in [2.05, 4.69) is 25.0 Å². The van der Waals surface area contributed by atoms with Gasteiger partial charge in [-0.25, -0.2) is 0 Å². The summed E-state index contributed by atoms with van der Waals surface area (Å²) in [7, 11) is 0. The van der Waals surface area contributed by atoms with Crippen molar-refractivity contribution in [2.24, 2.45) is 5.73 Å². The Hall–Kier alpha value is -0.760. The van der Waals surface area contributed by atoms with E-state index in [1.807, 2.05) is 0 Å². The third-order valence-electron chi connectivity index (χ3n) is 2.54. The molecule has 0 aromatic carbocycles. The monoisotopic (exact) mass is 150 g/mol. The van der Waals surface area contributed by atoms with E-state index >= 15 is 0 Å². The number of aryl methyl sites for hydroxylation is 2. The summed E-state index contributed by atoms with van der Waals surface area (Å²) < 4.78 is 0. The van der Waals surface area contributed by atoms with Crippen molar-refractivity contribution in [3.05, 3.63) is 23.0 Å². The molecule has 2 nitrogen and oxygen atoms in total. The van der Waals surface area contributed by atoms with E-state index in [-0.39, 0.29) is 0 Å². The lowest BCUT2D eigenvalue weighted by Gasteiger charge is -1.97. The van der Waals surface area contributed by atoms with Crippen molar-refractivity contribution in [2.75, 3.05) is 0 Å². The van der Waals surface area contributed by atoms with Gasteiger partial charge in [-0.3, -0.25) is 0 Å². The van der Waals surface area contributed by atoms with Crippen molar-refractivity contribution in [3.63, 3.8) is 0 Å². The molecule has 3 N–H and O–H groups in total. The molecule has 1 saturated carbocycles. The highest BCUT2D eigenvalue weighted by atomic mass is 14.8. The van der Waals surface area contributed by atoms with Crippen LogP contribution >= 0.6 is 0 Å². The quantitative estimate of drug-likeness (QED) is 0.625. The highest BCUT2D eigenvalue weighted by Crippen LogP contribution is 2.41. The van der Waals surface area contributed by atoms with Gasteiger partial charge in [0.1, 0.15) is 0 Å². The fourth-order valence-corrected chi connectivity index (χ4v) is 1.78. The van der Waals surface area contributed by atoms with Crippen LogP contribution in [-0.2, 0) is 0 Å². The van der Waals surface area contributed by atoms with E-state index in [4.69, 9.17) is 5.73 Å². The standard InChI is InChI=1S/C9H14N2/c1-5-4-11-6(2)9(5)7-3-8(7)10/h4,7-8,11H,3,10H2,1-2H3/t7-,8-/m1/s1. The third-order valence-corrected chi connectivity index (χ3v) is 2.54. The van der Waals surface area contributed by atoms with Crippen molar-refractivity contribution >= 4 is 0 Å². The molecule has 1 aliphatic carbocycles. The number of H-pyrrole nitrogens is 1. The molecule has 1 aromatic heterocycles. The number of aromatic nitrogens is 1. The van der Waals surface area contributed by atoms with E-state index in [1.54, 1.807) is 0 Å².